The first-order valence-corrected chi connectivity index (χ1v) is 6.31. The summed E-state index contributed by atoms with van der Waals surface area (Å²) in [5.74, 6) is 0.723. The van der Waals surface area contributed by atoms with Crippen LogP contribution in [-0.2, 0) is 6.54 Å². The average molecular weight is 224 g/mol. The van der Waals surface area contributed by atoms with Crippen molar-refractivity contribution < 1.29 is 0 Å². The standard InChI is InChI=1S/C12H24N4/c1-4-12(11(2)3)13-7-5-6-9-16-10-8-14-15-16/h8,10-13H,4-7,9H2,1-3H3. The highest BCUT2D eigenvalue weighted by Crippen LogP contribution is 2.05. The largest absolute Gasteiger partial charge is 0.314 e. The topological polar surface area (TPSA) is 42.7 Å². The van der Waals surface area contributed by atoms with Crippen LogP contribution in [0.5, 0.6) is 0 Å². The summed E-state index contributed by atoms with van der Waals surface area (Å²) in [5.41, 5.74) is 0. The zero-order valence-corrected chi connectivity index (χ0v) is 10.7. The SMILES string of the molecule is CCC(NCCCCn1ccnn1)C(C)C. The predicted molar refractivity (Wildman–Crippen MR) is 66.2 cm³/mol. The quantitative estimate of drug-likeness (QED) is 0.687. The number of hydrogen-bond acceptors (Lipinski definition) is 3. The average Bonchev–Trinajstić information content (AvgIpc) is 2.75. The number of aryl methyl sites for hydroxylation is 1. The van der Waals surface area contributed by atoms with Gasteiger partial charge in [-0.25, -0.2) is 0 Å². The second kappa shape index (κ2) is 7.39. The second-order valence-electron chi connectivity index (χ2n) is 4.59. The van der Waals surface area contributed by atoms with Crippen LogP contribution in [0.25, 0.3) is 0 Å². The molecule has 0 aliphatic heterocycles. The number of hydrogen-bond donors (Lipinski definition) is 1. The molecule has 0 saturated carbocycles. The van der Waals surface area contributed by atoms with Gasteiger partial charge < -0.3 is 5.32 Å². The lowest BCUT2D eigenvalue weighted by Crippen LogP contribution is -2.33. The molecule has 0 saturated heterocycles. The maximum Gasteiger partial charge on any atom is 0.0692 e. The Balaban J connectivity index is 2.03. The van der Waals surface area contributed by atoms with Gasteiger partial charge in [-0.05, 0) is 31.7 Å². The first kappa shape index (κ1) is 13.2. The van der Waals surface area contributed by atoms with E-state index in [-0.39, 0.29) is 0 Å². The van der Waals surface area contributed by atoms with Gasteiger partial charge in [0.05, 0.1) is 6.20 Å². The Morgan fingerprint density at radius 1 is 1.31 bits per heavy atom. The zero-order chi connectivity index (χ0) is 11.8. The van der Waals surface area contributed by atoms with E-state index in [1.165, 1.54) is 12.8 Å². The number of aromatic nitrogens is 3. The number of nitrogens with one attached hydrogen (secondary N) is 1. The molecule has 1 aromatic rings. The molecule has 1 atom stereocenters. The first-order valence-electron chi connectivity index (χ1n) is 6.31. The summed E-state index contributed by atoms with van der Waals surface area (Å²) < 4.78 is 1.89. The van der Waals surface area contributed by atoms with Crippen LogP contribution in [0.15, 0.2) is 12.4 Å². The molecular weight excluding hydrogens is 200 g/mol. The Morgan fingerprint density at radius 2 is 2.12 bits per heavy atom. The fourth-order valence-electron chi connectivity index (χ4n) is 1.89. The van der Waals surface area contributed by atoms with Crippen LogP contribution in [0.1, 0.15) is 40.0 Å². The molecule has 1 N–H and O–H groups in total. The monoisotopic (exact) mass is 224 g/mol. The third kappa shape index (κ3) is 4.75. The van der Waals surface area contributed by atoms with Crippen molar-refractivity contribution in [3.63, 3.8) is 0 Å². The highest BCUT2D eigenvalue weighted by molar-refractivity contribution is 4.68. The molecule has 16 heavy (non-hydrogen) atoms. The Kier molecular flexibility index (Phi) is 6.08. The zero-order valence-electron chi connectivity index (χ0n) is 10.7. The molecule has 0 fully saturated rings. The highest BCUT2D eigenvalue weighted by atomic mass is 15.4. The second-order valence-corrected chi connectivity index (χ2v) is 4.59. The fourth-order valence-corrected chi connectivity index (χ4v) is 1.89. The molecule has 0 aromatic carbocycles. The summed E-state index contributed by atoms with van der Waals surface area (Å²) in [6.45, 7) is 8.87. The normalized spacial score (nSPS) is 13.2. The van der Waals surface area contributed by atoms with Crippen LogP contribution >= 0.6 is 0 Å². The molecule has 1 unspecified atom stereocenters. The van der Waals surface area contributed by atoms with Gasteiger partial charge in [0, 0.05) is 18.8 Å². The van der Waals surface area contributed by atoms with E-state index in [4.69, 9.17) is 0 Å². The van der Waals surface area contributed by atoms with Crippen LogP contribution in [-0.4, -0.2) is 27.6 Å². The van der Waals surface area contributed by atoms with Crippen molar-refractivity contribution in [2.75, 3.05) is 6.54 Å². The summed E-state index contributed by atoms with van der Waals surface area (Å²) in [6, 6.07) is 0.659. The minimum absolute atomic E-state index is 0.659. The van der Waals surface area contributed by atoms with Gasteiger partial charge in [-0.2, -0.15) is 0 Å². The lowest BCUT2D eigenvalue weighted by Gasteiger charge is -2.20. The van der Waals surface area contributed by atoms with Gasteiger partial charge >= 0.3 is 0 Å². The summed E-state index contributed by atoms with van der Waals surface area (Å²) in [4.78, 5) is 0. The van der Waals surface area contributed by atoms with Crippen LogP contribution < -0.4 is 5.32 Å². The van der Waals surface area contributed by atoms with E-state index < -0.39 is 0 Å². The van der Waals surface area contributed by atoms with E-state index in [0.29, 0.717) is 6.04 Å². The smallest absolute Gasteiger partial charge is 0.0692 e. The van der Waals surface area contributed by atoms with E-state index in [2.05, 4.69) is 36.4 Å². The van der Waals surface area contributed by atoms with E-state index >= 15 is 0 Å². The third-order valence-electron chi connectivity index (χ3n) is 2.94. The van der Waals surface area contributed by atoms with Crippen LogP contribution in [0, 0.1) is 5.92 Å². The van der Waals surface area contributed by atoms with E-state index in [1.807, 2.05) is 10.9 Å². The van der Waals surface area contributed by atoms with Gasteiger partial charge in [0.15, 0.2) is 0 Å². The molecule has 0 aliphatic carbocycles. The van der Waals surface area contributed by atoms with Crippen molar-refractivity contribution in [1.29, 1.82) is 0 Å². The summed E-state index contributed by atoms with van der Waals surface area (Å²) in [7, 11) is 0. The fraction of sp³-hybridized carbons (Fsp3) is 0.833. The summed E-state index contributed by atoms with van der Waals surface area (Å²) in [5, 5.41) is 11.3. The highest BCUT2D eigenvalue weighted by Gasteiger charge is 2.08. The van der Waals surface area contributed by atoms with E-state index in [9.17, 15) is 0 Å². The predicted octanol–water partition coefficient (Wildman–Crippen LogP) is 2.08. The van der Waals surface area contributed by atoms with Crippen LogP contribution in [0.3, 0.4) is 0 Å². The van der Waals surface area contributed by atoms with Gasteiger partial charge in [-0.15, -0.1) is 5.10 Å². The van der Waals surface area contributed by atoms with Gasteiger partial charge in [0.25, 0.3) is 0 Å². The Hall–Kier alpha value is -0.900. The van der Waals surface area contributed by atoms with Gasteiger partial charge in [-0.1, -0.05) is 26.0 Å². The van der Waals surface area contributed by atoms with E-state index in [0.717, 1.165) is 25.4 Å². The van der Waals surface area contributed by atoms with Crippen LogP contribution in [0.2, 0.25) is 0 Å². The van der Waals surface area contributed by atoms with Gasteiger partial charge in [-0.3, -0.25) is 4.68 Å². The molecule has 0 aliphatic rings. The molecule has 0 amide bonds. The third-order valence-corrected chi connectivity index (χ3v) is 2.94. The molecule has 0 spiro atoms. The van der Waals surface area contributed by atoms with E-state index in [1.54, 1.807) is 6.20 Å². The van der Waals surface area contributed by atoms with Crippen molar-refractivity contribution >= 4 is 0 Å². The molecule has 1 rings (SSSR count). The maximum absolute atomic E-state index is 3.94. The minimum atomic E-state index is 0.659. The lowest BCUT2D eigenvalue weighted by atomic mass is 10.0. The molecule has 0 radical (unpaired) electrons. The van der Waals surface area contributed by atoms with Gasteiger partial charge in [0.2, 0.25) is 0 Å². The van der Waals surface area contributed by atoms with Gasteiger partial charge in [0.1, 0.15) is 0 Å². The number of nitrogens with zero attached hydrogens (tertiary/aromatic N) is 3. The molecule has 1 aromatic heterocycles. The minimum Gasteiger partial charge on any atom is -0.314 e. The van der Waals surface area contributed by atoms with Crippen molar-refractivity contribution in [2.45, 2.75) is 52.6 Å². The Bertz CT molecular complexity index is 256. The number of rotatable bonds is 8. The molecule has 0 bridgehead atoms. The maximum atomic E-state index is 3.94. The Morgan fingerprint density at radius 3 is 2.69 bits per heavy atom. The lowest BCUT2D eigenvalue weighted by molar-refractivity contribution is 0.381. The summed E-state index contributed by atoms with van der Waals surface area (Å²) in [6.07, 6.45) is 7.20. The first-order chi connectivity index (χ1) is 7.74. The Labute approximate surface area is 98.4 Å². The molecule has 4 nitrogen and oxygen atoms in total. The van der Waals surface area contributed by atoms with Crippen LogP contribution in [0.4, 0.5) is 0 Å². The summed E-state index contributed by atoms with van der Waals surface area (Å²) >= 11 is 0. The molecule has 92 valence electrons. The van der Waals surface area contributed by atoms with Crippen molar-refractivity contribution in [1.82, 2.24) is 20.3 Å². The van der Waals surface area contributed by atoms with Crippen molar-refractivity contribution in [3.8, 4) is 0 Å². The molecule has 1 heterocycles. The molecule has 4 heteroatoms. The number of unbranched alkanes of at least 4 members (excludes halogenated alkanes) is 1. The van der Waals surface area contributed by atoms with Crippen molar-refractivity contribution in [3.05, 3.63) is 12.4 Å². The van der Waals surface area contributed by atoms with Crippen molar-refractivity contribution in [2.24, 2.45) is 5.92 Å². The molecular formula is C12H24N4.